The maximum absolute atomic E-state index is 12.8. The fourth-order valence-corrected chi connectivity index (χ4v) is 3.70. The van der Waals surface area contributed by atoms with E-state index < -0.39 is 5.60 Å². The standard InChI is InChI=1S/C20H28N2O3/c1-4-25-16-5-6-17-15(11-16)12-18(21-17)19(23)22-9-7-14(8-10-22)13-20(2,3)24/h5-6,11-12,14,21,24H,4,7-10,13H2,1-3H3. The second-order valence-corrected chi connectivity index (χ2v) is 7.62. The average molecular weight is 344 g/mol. The molecule has 0 atom stereocenters. The van der Waals surface area contributed by atoms with Gasteiger partial charge in [0.05, 0.1) is 12.2 Å². The molecule has 1 aliphatic heterocycles. The molecule has 0 bridgehead atoms. The first kappa shape index (κ1) is 17.8. The van der Waals surface area contributed by atoms with E-state index in [9.17, 15) is 9.90 Å². The Morgan fingerprint density at radius 1 is 1.32 bits per heavy atom. The molecule has 3 rings (SSSR count). The molecule has 0 unspecified atom stereocenters. The summed E-state index contributed by atoms with van der Waals surface area (Å²) in [6.07, 6.45) is 2.69. The van der Waals surface area contributed by atoms with Crippen LogP contribution in [0.1, 0.15) is 50.5 Å². The van der Waals surface area contributed by atoms with E-state index in [0.29, 0.717) is 18.2 Å². The zero-order chi connectivity index (χ0) is 18.0. The van der Waals surface area contributed by atoms with Crippen molar-refractivity contribution >= 4 is 16.8 Å². The number of carbonyl (C=O) groups is 1. The number of rotatable bonds is 5. The van der Waals surface area contributed by atoms with E-state index in [4.69, 9.17) is 4.74 Å². The molecule has 136 valence electrons. The van der Waals surface area contributed by atoms with Crippen molar-refractivity contribution in [1.82, 2.24) is 9.88 Å². The molecule has 1 fully saturated rings. The SMILES string of the molecule is CCOc1ccc2[nH]c(C(=O)N3CCC(CC(C)(C)O)CC3)cc2c1. The maximum Gasteiger partial charge on any atom is 0.270 e. The molecule has 0 radical (unpaired) electrons. The highest BCUT2D eigenvalue weighted by Gasteiger charge is 2.28. The summed E-state index contributed by atoms with van der Waals surface area (Å²) in [5.41, 5.74) is 0.944. The molecule has 0 aliphatic carbocycles. The molecule has 1 aromatic heterocycles. The second-order valence-electron chi connectivity index (χ2n) is 7.62. The zero-order valence-corrected chi connectivity index (χ0v) is 15.3. The molecule has 2 aromatic rings. The molecule has 0 spiro atoms. The summed E-state index contributed by atoms with van der Waals surface area (Å²) < 4.78 is 5.52. The minimum absolute atomic E-state index is 0.0517. The third-order valence-electron chi connectivity index (χ3n) is 4.82. The van der Waals surface area contributed by atoms with E-state index in [1.807, 2.05) is 49.9 Å². The lowest BCUT2D eigenvalue weighted by Crippen LogP contribution is -2.40. The number of benzene rings is 1. The number of carbonyl (C=O) groups excluding carboxylic acids is 1. The van der Waals surface area contributed by atoms with Crippen molar-refractivity contribution in [3.8, 4) is 5.75 Å². The van der Waals surface area contributed by atoms with Crippen LogP contribution in [-0.2, 0) is 0 Å². The van der Waals surface area contributed by atoms with Crippen molar-refractivity contribution in [1.29, 1.82) is 0 Å². The predicted molar refractivity (Wildman–Crippen MR) is 99.0 cm³/mol. The number of fused-ring (bicyclic) bond motifs is 1. The fraction of sp³-hybridized carbons (Fsp3) is 0.550. The van der Waals surface area contributed by atoms with Gasteiger partial charge in [-0.15, -0.1) is 0 Å². The highest BCUT2D eigenvalue weighted by Crippen LogP contribution is 2.28. The fourth-order valence-electron chi connectivity index (χ4n) is 3.70. The number of nitrogens with one attached hydrogen (secondary N) is 1. The number of aromatic nitrogens is 1. The van der Waals surface area contributed by atoms with Crippen LogP contribution in [0, 0.1) is 5.92 Å². The summed E-state index contributed by atoms with van der Waals surface area (Å²) in [6, 6.07) is 7.73. The molecule has 1 aliphatic rings. The van der Waals surface area contributed by atoms with Gasteiger partial charge in [-0.25, -0.2) is 0 Å². The van der Waals surface area contributed by atoms with Crippen LogP contribution in [-0.4, -0.2) is 46.2 Å². The highest BCUT2D eigenvalue weighted by molar-refractivity contribution is 5.98. The molecule has 1 aromatic carbocycles. The smallest absolute Gasteiger partial charge is 0.270 e. The highest BCUT2D eigenvalue weighted by atomic mass is 16.5. The van der Waals surface area contributed by atoms with Gasteiger partial charge >= 0.3 is 0 Å². The van der Waals surface area contributed by atoms with Crippen LogP contribution in [0.25, 0.3) is 10.9 Å². The van der Waals surface area contributed by atoms with Gasteiger partial charge in [0.25, 0.3) is 5.91 Å². The quantitative estimate of drug-likeness (QED) is 0.871. The molecule has 25 heavy (non-hydrogen) atoms. The second kappa shape index (κ2) is 7.08. The summed E-state index contributed by atoms with van der Waals surface area (Å²) in [6.45, 7) is 7.79. The lowest BCUT2D eigenvalue weighted by atomic mass is 9.86. The van der Waals surface area contributed by atoms with Crippen molar-refractivity contribution in [2.75, 3.05) is 19.7 Å². The number of aliphatic hydroxyl groups is 1. The van der Waals surface area contributed by atoms with Gasteiger partial charge in [0.15, 0.2) is 0 Å². The predicted octanol–water partition coefficient (Wildman–Crippen LogP) is 3.58. The molecular formula is C20H28N2O3. The molecule has 1 amide bonds. The number of piperidine rings is 1. The number of hydrogen-bond acceptors (Lipinski definition) is 3. The summed E-state index contributed by atoms with van der Waals surface area (Å²) in [4.78, 5) is 17.9. The third-order valence-corrected chi connectivity index (χ3v) is 4.82. The molecule has 2 N–H and O–H groups in total. The van der Waals surface area contributed by atoms with Gasteiger partial charge in [-0.2, -0.15) is 0 Å². The van der Waals surface area contributed by atoms with Gasteiger partial charge in [0.1, 0.15) is 11.4 Å². The van der Waals surface area contributed by atoms with E-state index >= 15 is 0 Å². The van der Waals surface area contributed by atoms with E-state index in [1.165, 1.54) is 0 Å². The van der Waals surface area contributed by atoms with Crippen LogP contribution < -0.4 is 4.74 Å². The van der Waals surface area contributed by atoms with E-state index in [1.54, 1.807) is 0 Å². The van der Waals surface area contributed by atoms with Crippen LogP contribution >= 0.6 is 0 Å². The Morgan fingerprint density at radius 2 is 2.04 bits per heavy atom. The Bertz CT molecular complexity index is 737. The summed E-state index contributed by atoms with van der Waals surface area (Å²) in [7, 11) is 0. The number of nitrogens with zero attached hydrogens (tertiary/aromatic N) is 1. The topological polar surface area (TPSA) is 65.6 Å². The summed E-state index contributed by atoms with van der Waals surface area (Å²) in [5.74, 6) is 1.36. The van der Waals surface area contributed by atoms with Gasteiger partial charge in [-0.3, -0.25) is 4.79 Å². The van der Waals surface area contributed by atoms with Crippen molar-refractivity contribution in [3.63, 3.8) is 0 Å². The lowest BCUT2D eigenvalue weighted by molar-refractivity contribution is 0.0357. The number of amides is 1. The van der Waals surface area contributed by atoms with Crippen LogP contribution in [0.3, 0.4) is 0 Å². The van der Waals surface area contributed by atoms with Crippen molar-refractivity contribution in [3.05, 3.63) is 30.0 Å². The number of hydrogen-bond donors (Lipinski definition) is 2. The first-order chi connectivity index (χ1) is 11.9. The monoisotopic (exact) mass is 344 g/mol. The molecule has 1 saturated heterocycles. The van der Waals surface area contributed by atoms with Gasteiger partial charge in [-0.05, 0) is 70.2 Å². The van der Waals surface area contributed by atoms with Crippen LogP contribution in [0.4, 0.5) is 0 Å². The van der Waals surface area contributed by atoms with Crippen molar-refractivity contribution in [2.45, 2.75) is 45.6 Å². The Hall–Kier alpha value is -2.01. The zero-order valence-electron chi connectivity index (χ0n) is 15.3. The van der Waals surface area contributed by atoms with Gasteiger partial charge in [0.2, 0.25) is 0 Å². The Labute approximate surface area is 149 Å². The average Bonchev–Trinajstić information content (AvgIpc) is 2.97. The normalized spacial score (nSPS) is 16.4. The van der Waals surface area contributed by atoms with E-state index in [2.05, 4.69) is 4.98 Å². The Kier molecular flexibility index (Phi) is 5.04. The maximum atomic E-state index is 12.8. The van der Waals surface area contributed by atoms with Crippen LogP contribution in [0.2, 0.25) is 0 Å². The first-order valence-corrected chi connectivity index (χ1v) is 9.13. The Balaban J connectivity index is 1.66. The molecule has 5 heteroatoms. The lowest BCUT2D eigenvalue weighted by Gasteiger charge is -2.34. The molecule has 2 heterocycles. The van der Waals surface area contributed by atoms with Crippen LogP contribution in [0.15, 0.2) is 24.3 Å². The Morgan fingerprint density at radius 3 is 2.68 bits per heavy atom. The summed E-state index contributed by atoms with van der Waals surface area (Å²) in [5, 5.41) is 11.0. The minimum Gasteiger partial charge on any atom is -0.494 e. The van der Waals surface area contributed by atoms with Crippen molar-refractivity contribution < 1.29 is 14.6 Å². The van der Waals surface area contributed by atoms with E-state index in [-0.39, 0.29) is 5.91 Å². The number of H-pyrrole nitrogens is 1. The molecular weight excluding hydrogens is 316 g/mol. The largest absolute Gasteiger partial charge is 0.494 e. The number of likely N-dealkylation sites (tertiary alicyclic amines) is 1. The van der Waals surface area contributed by atoms with Gasteiger partial charge in [-0.1, -0.05) is 0 Å². The van der Waals surface area contributed by atoms with Gasteiger partial charge < -0.3 is 19.7 Å². The van der Waals surface area contributed by atoms with Crippen LogP contribution in [0.5, 0.6) is 5.75 Å². The first-order valence-electron chi connectivity index (χ1n) is 9.13. The van der Waals surface area contributed by atoms with Crippen molar-refractivity contribution in [2.24, 2.45) is 5.92 Å². The van der Waals surface area contributed by atoms with E-state index in [0.717, 1.165) is 49.0 Å². The molecule has 5 nitrogen and oxygen atoms in total. The number of aromatic amines is 1. The summed E-state index contributed by atoms with van der Waals surface area (Å²) >= 11 is 0. The number of ether oxygens (including phenoxy) is 1. The molecule has 0 saturated carbocycles. The minimum atomic E-state index is -0.633. The van der Waals surface area contributed by atoms with Gasteiger partial charge in [0, 0.05) is 24.0 Å². The third kappa shape index (κ3) is 4.34.